The maximum absolute atomic E-state index is 10.6. The first-order chi connectivity index (χ1) is 7.18. The summed E-state index contributed by atoms with van der Waals surface area (Å²) in [6.07, 6.45) is 0.827. The van der Waals surface area contributed by atoms with Crippen LogP contribution >= 0.6 is 0 Å². The Labute approximate surface area is 90.4 Å². The van der Waals surface area contributed by atoms with Gasteiger partial charge in [-0.1, -0.05) is 12.1 Å². The summed E-state index contributed by atoms with van der Waals surface area (Å²) in [6, 6.07) is 7.94. The van der Waals surface area contributed by atoms with Crippen LogP contribution in [0.15, 0.2) is 24.3 Å². The summed E-state index contributed by atoms with van der Waals surface area (Å²) in [5, 5.41) is 2.72. The van der Waals surface area contributed by atoms with Crippen LogP contribution in [0.4, 0.5) is 0 Å². The fraction of sp³-hybridized carbons (Fsp3) is 0.417. The molecule has 0 fully saturated rings. The molecule has 1 aromatic rings. The van der Waals surface area contributed by atoms with Gasteiger partial charge in [0.1, 0.15) is 5.75 Å². The van der Waals surface area contributed by atoms with E-state index < -0.39 is 0 Å². The highest BCUT2D eigenvalue weighted by atomic mass is 16.5. The minimum atomic E-state index is 0.00514. The van der Waals surface area contributed by atoms with Crippen LogP contribution in [0, 0.1) is 6.92 Å². The molecule has 0 aliphatic carbocycles. The van der Waals surface area contributed by atoms with Crippen LogP contribution in [0.1, 0.15) is 18.9 Å². The lowest BCUT2D eigenvalue weighted by atomic mass is 10.2. The van der Waals surface area contributed by atoms with E-state index in [0.717, 1.165) is 12.2 Å². The van der Waals surface area contributed by atoms with E-state index in [9.17, 15) is 4.79 Å². The number of hydrogen-bond acceptors (Lipinski definition) is 2. The molecular weight excluding hydrogens is 190 g/mol. The Morgan fingerprint density at radius 1 is 1.47 bits per heavy atom. The van der Waals surface area contributed by atoms with Crippen LogP contribution in [0.2, 0.25) is 0 Å². The standard InChI is InChI=1S/C12H17NO2/c1-10-5-3-6-12(9-10)15-8-4-7-13-11(2)14/h3,5-6,9H,4,7-8H2,1-2H3,(H,13,14). The molecule has 1 amide bonds. The first-order valence-electron chi connectivity index (χ1n) is 5.12. The summed E-state index contributed by atoms with van der Waals surface area (Å²) < 4.78 is 5.52. The quantitative estimate of drug-likeness (QED) is 0.749. The van der Waals surface area contributed by atoms with E-state index in [1.165, 1.54) is 12.5 Å². The zero-order chi connectivity index (χ0) is 11.1. The van der Waals surface area contributed by atoms with Gasteiger partial charge in [-0.15, -0.1) is 0 Å². The maximum Gasteiger partial charge on any atom is 0.216 e. The van der Waals surface area contributed by atoms with Crippen molar-refractivity contribution in [3.05, 3.63) is 29.8 Å². The van der Waals surface area contributed by atoms with Crippen molar-refractivity contribution in [3.8, 4) is 5.75 Å². The number of carbonyl (C=O) groups is 1. The number of nitrogens with one attached hydrogen (secondary N) is 1. The lowest BCUT2D eigenvalue weighted by Crippen LogP contribution is -2.22. The highest BCUT2D eigenvalue weighted by Crippen LogP contribution is 2.12. The van der Waals surface area contributed by atoms with Gasteiger partial charge in [0.05, 0.1) is 6.61 Å². The molecule has 82 valence electrons. The highest BCUT2D eigenvalue weighted by molar-refractivity contribution is 5.72. The van der Waals surface area contributed by atoms with Crippen LogP contribution in [0.25, 0.3) is 0 Å². The number of amides is 1. The Morgan fingerprint density at radius 3 is 2.93 bits per heavy atom. The number of benzene rings is 1. The Morgan fingerprint density at radius 2 is 2.27 bits per heavy atom. The van der Waals surface area contributed by atoms with E-state index in [1.807, 2.05) is 31.2 Å². The molecule has 0 spiro atoms. The number of carbonyl (C=O) groups excluding carboxylic acids is 1. The van der Waals surface area contributed by atoms with Gasteiger partial charge >= 0.3 is 0 Å². The summed E-state index contributed by atoms with van der Waals surface area (Å²) in [4.78, 5) is 10.6. The molecule has 0 aliphatic rings. The molecule has 0 saturated carbocycles. The van der Waals surface area contributed by atoms with Crippen LogP contribution in [0.5, 0.6) is 5.75 Å². The molecule has 0 unspecified atom stereocenters. The average Bonchev–Trinajstić information content (AvgIpc) is 2.17. The zero-order valence-electron chi connectivity index (χ0n) is 9.25. The van der Waals surface area contributed by atoms with E-state index in [2.05, 4.69) is 5.32 Å². The zero-order valence-corrected chi connectivity index (χ0v) is 9.25. The van der Waals surface area contributed by atoms with Crippen molar-refractivity contribution in [2.75, 3.05) is 13.2 Å². The first kappa shape index (κ1) is 11.6. The van der Waals surface area contributed by atoms with Crippen LogP contribution in [0.3, 0.4) is 0 Å². The summed E-state index contributed by atoms with van der Waals surface area (Å²) in [5.74, 6) is 0.892. The maximum atomic E-state index is 10.6. The number of ether oxygens (including phenoxy) is 1. The van der Waals surface area contributed by atoms with Crippen LogP contribution in [-0.4, -0.2) is 19.1 Å². The SMILES string of the molecule is CC(=O)NCCCOc1cccc(C)c1. The number of rotatable bonds is 5. The average molecular weight is 207 g/mol. The fourth-order valence-corrected chi connectivity index (χ4v) is 1.23. The lowest BCUT2D eigenvalue weighted by Gasteiger charge is -2.06. The lowest BCUT2D eigenvalue weighted by molar-refractivity contribution is -0.118. The van der Waals surface area contributed by atoms with E-state index in [0.29, 0.717) is 13.2 Å². The van der Waals surface area contributed by atoms with Crippen molar-refractivity contribution in [3.63, 3.8) is 0 Å². The second-order valence-electron chi connectivity index (χ2n) is 3.50. The summed E-state index contributed by atoms with van der Waals surface area (Å²) in [7, 11) is 0. The van der Waals surface area contributed by atoms with Gasteiger partial charge in [0, 0.05) is 13.5 Å². The van der Waals surface area contributed by atoms with Gasteiger partial charge < -0.3 is 10.1 Å². The van der Waals surface area contributed by atoms with Crippen molar-refractivity contribution in [1.82, 2.24) is 5.32 Å². The van der Waals surface area contributed by atoms with E-state index in [1.54, 1.807) is 0 Å². The molecule has 0 radical (unpaired) electrons. The van der Waals surface area contributed by atoms with Gasteiger partial charge in [-0.25, -0.2) is 0 Å². The molecule has 3 nitrogen and oxygen atoms in total. The molecular formula is C12H17NO2. The van der Waals surface area contributed by atoms with Crippen molar-refractivity contribution in [1.29, 1.82) is 0 Å². The summed E-state index contributed by atoms with van der Waals surface area (Å²) in [6.45, 7) is 4.84. The van der Waals surface area contributed by atoms with E-state index >= 15 is 0 Å². The number of hydrogen-bond donors (Lipinski definition) is 1. The monoisotopic (exact) mass is 207 g/mol. The number of aryl methyl sites for hydroxylation is 1. The van der Waals surface area contributed by atoms with Gasteiger partial charge in [0.25, 0.3) is 0 Å². The molecule has 0 saturated heterocycles. The Kier molecular flexibility index (Phi) is 4.68. The molecule has 1 aromatic carbocycles. The topological polar surface area (TPSA) is 38.3 Å². The Balaban J connectivity index is 2.17. The molecule has 0 atom stereocenters. The molecule has 0 heterocycles. The molecule has 0 bridgehead atoms. The molecule has 15 heavy (non-hydrogen) atoms. The van der Waals surface area contributed by atoms with Crippen LogP contribution < -0.4 is 10.1 Å². The summed E-state index contributed by atoms with van der Waals surface area (Å²) >= 11 is 0. The minimum absolute atomic E-state index is 0.00514. The predicted octanol–water partition coefficient (Wildman–Crippen LogP) is 1.90. The largest absolute Gasteiger partial charge is 0.494 e. The van der Waals surface area contributed by atoms with Crippen molar-refractivity contribution in [2.45, 2.75) is 20.3 Å². The second kappa shape index (κ2) is 6.06. The molecule has 1 rings (SSSR count). The van der Waals surface area contributed by atoms with E-state index in [-0.39, 0.29) is 5.91 Å². The van der Waals surface area contributed by atoms with Gasteiger partial charge in [-0.05, 0) is 31.0 Å². The third kappa shape index (κ3) is 5.05. The van der Waals surface area contributed by atoms with Crippen molar-refractivity contribution >= 4 is 5.91 Å². The molecule has 0 aliphatic heterocycles. The predicted molar refractivity (Wildman–Crippen MR) is 60.0 cm³/mol. The summed E-state index contributed by atoms with van der Waals surface area (Å²) in [5.41, 5.74) is 1.19. The fourth-order valence-electron chi connectivity index (χ4n) is 1.23. The van der Waals surface area contributed by atoms with Crippen LogP contribution in [-0.2, 0) is 4.79 Å². The van der Waals surface area contributed by atoms with Gasteiger partial charge in [0.2, 0.25) is 5.91 Å². The second-order valence-corrected chi connectivity index (χ2v) is 3.50. The Bertz CT molecular complexity index is 323. The smallest absolute Gasteiger partial charge is 0.216 e. The third-order valence-corrected chi connectivity index (χ3v) is 1.95. The van der Waals surface area contributed by atoms with Gasteiger partial charge in [-0.2, -0.15) is 0 Å². The van der Waals surface area contributed by atoms with Crippen molar-refractivity contribution < 1.29 is 9.53 Å². The highest BCUT2D eigenvalue weighted by Gasteiger charge is 1.94. The third-order valence-electron chi connectivity index (χ3n) is 1.95. The molecule has 1 N–H and O–H groups in total. The van der Waals surface area contributed by atoms with Gasteiger partial charge in [0.15, 0.2) is 0 Å². The molecule has 3 heteroatoms. The Hall–Kier alpha value is -1.51. The normalized spacial score (nSPS) is 9.73. The first-order valence-corrected chi connectivity index (χ1v) is 5.12. The minimum Gasteiger partial charge on any atom is -0.494 e. The van der Waals surface area contributed by atoms with Gasteiger partial charge in [-0.3, -0.25) is 4.79 Å². The van der Waals surface area contributed by atoms with Crippen molar-refractivity contribution in [2.24, 2.45) is 0 Å². The van der Waals surface area contributed by atoms with E-state index in [4.69, 9.17) is 4.74 Å². The molecule has 0 aromatic heterocycles.